The fourth-order valence-electron chi connectivity index (χ4n) is 2.61. The van der Waals surface area contributed by atoms with Crippen LogP contribution >= 0.6 is 23.1 Å². The molecule has 22 heavy (non-hydrogen) atoms. The number of benzene rings is 1. The van der Waals surface area contributed by atoms with Crippen LogP contribution in [0.15, 0.2) is 34.0 Å². The molecule has 1 unspecified atom stereocenters. The van der Waals surface area contributed by atoms with Gasteiger partial charge in [0.25, 0.3) is 0 Å². The highest BCUT2D eigenvalue weighted by Gasteiger charge is 2.27. The minimum Gasteiger partial charge on any atom is -0.341 e. The second-order valence-electron chi connectivity index (χ2n) is 5.42. The number of hydrogen-bond donors (Lipinski definition) is 0. The SMILES string of the molecule is Cc1csc(SCC(=O)N2CCC(c3ccc(F)cc3)C2)n1. The first-order chi connectivity index (χ1) is 10.6. The van der Waals surface area contributed by atoms with Crippen LogP contribution in [0.25, 0.3) is 0 Å². The Hall–Kier alpha value is -1.40. The third-order valence-electron chi connectivity index (χ3n) is 3.80. The number of nitrogens with zero attached hydrogens (tertiary/aromatic N) is 2. The second kappa shape index (κ2) is 6.79. The maximum atomic E-state index is 13.0. The molecule has 0 N–H and O–H groups in total. The van der Waals surface area contributed by atoms with Gasteiger partial charge in [-0.1, -0.05) is 23.9 Å². The Morgan fingerprint density at radius 2 is 2.23 bits per heavy atom. The summed E-state index contributed by atoms with van der Waals surface area (Å²) in [5, 5.41) is 1.99. The Kier molecular flexibility index (Phi) is 4.78. The molecule has 0 saturated carbocycles. The lowest BCUT2D eigenvalue weighted by Crippen LogP contribution is -2.29. The van der Waals surface area contributed by atoms with Gasteiger partial charge in [-0.15, -0.1) is 11.3 Å². The van der Waals surface area contributed by atoms with Crippen molar-refractivity contribution in [3.8, 4) is 0 Å². The molecule has 1 aliphatic heterocycles. The van der Waals surface area contributed by atoms with E-state index in [1.165, 1.54) is 23.9 Å². The van der Waals surface area contributed by atoms with Crippen LogP contribution in [0.2, 0.25) is 0 Å². The number of carbonyl (C=O) groups excluding carboxylic acids is 1. The highest BCUT2D eigenvalue weighted by atomic mass is 32.2. The monoisotopic (exact) mass is 336 g/mol. The Morgan fingerprint density at radius 1 is 1.45 bits per heavy atom. The van der Waals surface area contributed by atoms with Gasteiger partial charge in [-0.2, -0.15) is 0 Å². The normalized spacial score (nSPS) is 17.9. The number of halogens is 1. The van der Waals surface area contributed by atoms with E-state index in [0.29, 0.717) is 11.7 Å². The van der Waals surface area contributed by atoms with Crippen molar-refractivity contribution in [2.75, 3.05) is 18.8 Å². The number of amides is 1. The van der Waals surface area contributed by atoms with Crippen LogP contribution in [0.1, 0.15) is 23.6 Å². The maximum Gasteiger partial charge on any atom is 0.233 e. The Balaban J connectivity index is 1.53. The maximum absolute atomic E-state index is 13.0. The molecule has 0 radical (unpaired) electrons. The Labute approximate surface area is 137 Å². The highest BCUT2D eigenvalue weighted by molar-refractivity contribution is 8.01. The van der Waals surface area contributed by atoms with Crippen LogP contribution in [0.5, 0.6) is 0 Å². The molecule has 1 aromatic carbocycles. The summed E-state index contributed by atoms with van der Waals surface area (Å²) in [6, 6.07) is 6.61. The highest BCUT2D eigenvalue weighted by Crippen LogP contribution is 2.29. The van der Waals surface area contributed by atoms with Gasteiger partial charge in [-0.05, 0) is 31.0 Å². The van der Waals surface area contributed by atoms with Crippen molar-refractivity contribution in [3.63, 3.8) is 0 Å². The average Bonchev–Trinajstić information content (AvgIpc) is 3.15. The lowest BCUT2D eigenvalue weighted by Gasteiger charge is -2.16. The summed E-state index contributed by atoms with van der Waals surface area (Å²) in [7, 11) is 0. The van der Waals surface area contributed by atoms with Crippen molar-refractivity contribution in [2.24, 2.45) is 0 Å². The molecule has 0 spiro atoms. The zero-order valence-corrected chi connectivity index (χ0v) is 13.9. The number of hydrogen-bond acceptors (Lipinski definition) is 4. The van der Waals surface area contributed by atoms with E-state index in [-0.39, 0.29) is 11.7 Å². The fourth-order valence-corrected chi connectivity index (χ4v) is 4.36. The summed E-state index contributed by atoms with van der Waals surface area (Å²) < 4.78 is 13.9. The standard InChI is InChI=1S/C16H17FN2OS2/c1-11-9-21-16(18-11)22-10-15(20)19-7-6-13(8-19)12-2-4-14(17)5-3-12/h2-5,9,13H,6-8,10H2,1H3. The molecule has 6 heteroatoms. The van der Waals surface area contributed by atoms with Gasteiger partial charge >= 0.3 is 0 Å². The molecule has 116 valence electrons. The molecule has 1 fully saturated rings. The van der Waals surface area contributed by atoms with Crippen molar-refractivity contribution in [2.45, 2.75) is 23.6 Å². The largest absolute Gasteiger partial charge is 0.341 e. The summed E-state index contributed by atoms with van der Waals surface area (Å²) in [5.41, 5.74) is 2.11. The number of aryl methyl sites for hydroxylation is 1. The van der Waals surface area contributed by atoms with Crippen LogP contribution in [0, 0.1) is 12.7 Å². The van der Waals surface area contributed by atoms with Crippen LogP contribution in [-0.2, 0) is 4.79 Å². The first-order valence-corrected chi connectivity index (χ1v) is 9.06. The van der Waals surface area contributed by atoms with E-state index in [4.69, 9.17) is 0 Å². The van der Waals surface area contributed by atoms with Crippen molar-refractivity contribution in [3.05, 3.63) is 46.7 Å². The number of likely N-dealkylation sites (tertiary alicyclic amines) is 1. The molecule has 0 aliphatic carbocycles. The number of rotatable bonds is 4. The van der Waals surface area contributed by atoms with E-state index in [2.05, 4.69) is 4.98 Å². The number of aromatic nitrogens is 1. The summed E-state index contributed by atoms with van der Waals surface area (Å²) in [6.45, 7) is 3.45. The van der Waals surface area contributed by atoms with Gasteiger partial charge in [0.1, 0.15) is 5.82 Å². The topological polar surface area (TPSA) is 33.2 Å². The van der Waals surface area contributed by atoms with Crippen molar-refractivity contribution >= 4 is 29.0 Å². The van der Waals surface area contributed by atoms with Crippen LogP contribution in [-0.4, -0.2) is 34.6 Å². The second-order valence-corrected chi connectivity index (χ2v) is 7.50. The minimum atomic E-state index is -0.218. The van der Waals surface area contributed by atoms with Gasteiger partial charge in [0.2, 0.25) is 5.91 Å². The van der Waals surface area contributed by atoms with Crippen molar-refractivity contribution < 1.29 is 9.18 Å². The quantitative estimate of drug-likeness (QED) is 0.798. The molecule has 1 aliphatic rings. The lowest BCUT2D eigenvalue weighted by atomic mass is 9.99. The predicted octanol–water partition coefficient (Wildman–Crippen LogP) is 3.70. The van der Waals surface area contributed by atoms with E-state index in [0.717, 1.165) is 35.1 Å². The van der Waals surface area contributed by atoms with Crippen LogP contribution in [0.3, 0.4) is 0 Å². The molecule has 1 atom stereocenters. The average molecular weight is 336 g/mol. The molecule has 1 saturated heterocycles. The third-order valence-corrected chi connectivity index (χ3v) is 5.92. The van der Waals surface area contributed by atoms with E-state index < -0.39 is 0 Å². The summed E-state index contributed by atoms with van der Waals surface area (Å²) in [5.74, 6) is 0.687. The summed E-state index contributed by atoms with van der Waals surface area (Å²) >= 11 is 3.08. The zero-order valence-electron chi connectivity index (χ0n) is 12.3. The molecule has 1 amide bonds. The third kappa shape index (κ3) is 3.67. The summed E-state index contributed by atoms with van der Waals surface area (Å²) in [6.07, 6.45) is 0.943. The van der Waals surface area contributed by atoms with E-state index in [1.807, 2.05) is 29.3 Å². The van der Waals surface area contributed by atoms with E-state index in [1.54, 1.807) is 11.3 Å². The molecular formula is C16H17FN2OS2. The molecule has 3 nitrogen and oxygen atoms in total. The molecule has 2 aromatic rings. The molecule has 0 bridgehead atoms. The minimum absolute atomic E-state index is 0.155. The van der Waals surface area contributed by atoms with Gasteiger partial charge in [-0.25, -0.2) is 9.37 Å². The van der Waals surface area contributed by atoms with Crippen molar-refractivity contribution in [1.82, 2.24) is 9.88 Å². The first kappa shape index (κ1) is 15.5. The Morgan fingerprint density at radius 3 is 2.91 bits per heavy atom. The van der Waals surface area contributed by atoms with Gasteiger partial charge in [-0.3, -0.25) is 4.79 Å². The Bertz CT molecular complexity index is 656. The first-order valence-electron chi connectivity index (χ1n) is 7.20. The summed E-state index contributed by atoms with van der Waals surface area (Å²) in [4.78, 5) is 18.5. The molecule has 2 heterocycles. The molecular weight excluding hydrogens is 319 g/mol. The molecule has 1 aromatic heterocycles. The van der Waals surface area contributed by atoms with Gasteiger partial charge in [0.15, 0.2) is 4.34 Å². The zero-order chi connectivity index (χ0) is 15.5. The smallest absolute Gasteiger partial charge is 0.233 e. The van der Waals surface area contributed by atoms with Crippen LogP contribution in [0.4, 0.5) is 4.39 Å². The number of carbonyl (C=O) groups is 1. The fraction of sp³-hybridized carbons (Fsp3) is 0.375. The van der Waals surface area contributed by atoms with Crippen LogP contribution < -0.4 is 0 Å². The van der Waals surface area contributed by atoms with Gasteiger partial charge in [0.05, 0.1) is 5.75 Å². The van der Waals surface area contributed by atoms with E-state index >= 15 is 0 Å². The number of thioether (sulfide) groups is 1. The predicted molar refractivity (Wildman–Crippen MR) is 87.9 cm³/mol. The van der Waals surface area contributed by atoms with Gasteiger partial charge in [0, 0.05) is 30.1 Å². The number of thiazole rings is 1. The van der Waals surface area contributed by atoms with Gasteiger partial charge < -0.3 is 4.90 Å². The van der Waals surface area contributed by atoms with Crippen molar-refractivity contribution in [1.29, 1.82) is 0 Å². The van der Waals surface area contributed by atoms with E-state index in [9.17, 15) is 9.18 Å². The lowest BCUT2D eigenvalue weighted by molar-refractivity contribution is -0.127. The molecule has 3 rings (SSSR count).